The van der Waals surface area contributed by atoms with Crippen LogP contribution in [0.15, 0.2) is 65.4 Å². The molecule has 0 radical (unpaired) electrons. The highest BCUT2D eigenvalue weighted by Crippen LogP contribution is 2.24. The monoisotopic (exact) mass is 504 g/mol. The summed E-state index contributed by atoms with van der Waals surface area (Å²) in [6, 6.07) is 17.7. The topological polar surface area (TPSA) is 65.1 Å². The van der Waals surface area contributed by atoms with Crippen LogP contribution >= 0.6 is 11.3 Å². The molecule has 3 aromatic rings. The van der Waals surface area contributed by atoms with Gasteiger partial charge in [0.2, 0.25) is 0 Å². The summed E-state index contributed by atoms with van der Waals surface area (Å²) in [5.74, 6) is 0.892. The minimum absolute atomic E-state index is 0.00515. The Labute approximate surface area is 216 Å². The standard InChI is InChI=1S/C28H32N4O3S/c1-30(19-22-10-15-36-20-22)18-21-4-2-7-26(16-21)35-25-8-12-31(13-9-25)27(33)23-5-3-6-24(17-23)32-14-11-29-28(32)34/h2-7,10,15-17,20,25H,8-9,11-14,18-19H2,1H3,(H,29,34). The van der Waals surface area contributed by atoms with Crippen LogP contribution < -0.4 is 15.0 Å². The van der Waals surface area contributed by atoms with Gasteiger partial charge in [0.25, 0.3) is 5.91 Å². The van der Waals surface area contributed by atoms with Gasteiger partial charge in [0.15, 0.2) is 0 Å². The molecule has 1 aromatic heterocycles. The van der Waals surface area contributed by atoms with Gasteiger partial charge < -0.3 is 15.0 Å². The lowest BCUT2D eigenvalue weighted by molar-refractivity contribution is 0.0595. The van der Waals surface area contributed by atoms with Crippen LogP contribution in [-0.4, -0.2) is 61.1 Å². The maximum atomic E-state index is 13.1. The number of hydrogen-bond donors (Lipinski definition) is 1. The Hall–Kier alpha value is -3.36. The zero-order valence-corrected chi connectivity index (χ0v) is 21.4. The lowest BCUT2D eigenvalue weighted by Crippen LogP contribution is -2.41. The minimum atomic E-state index is -0.115. The molecule has 0 unspecified atom stereocenters. The zero-order valence-electron chi connectivity index (χ0n) is 20.6. The number of anilines is 1. The van der Waals surface area contributed by atoms with Crippen molar-refractivity contribution in [2.45, 2.75) is 32.0 Å². The summed E-state index contributed by atoms with van der Waals surface area (Å²) >= 11 is 1.73. The van der Waals surface area contributed by atoms with Crippen molar-refractivity contribution in [1.29, 1.82) is 0 Å². The van der Waals surface area contributed by atoms with Crippen LogP contribution in [0.2, 0.25) is 0 Å². The molecule has 0 atom stereocenters. The van der Waals surface area contributed by atoms with Gasteiger partial charge >= 0.3 is 6.03 Å². The molecular weight excluding hydrogens is 472 g/mol. The number of carbonyl (C=O) groups excluding carboxylic acids is 2. The van der Waals surface area contributed by atoms with Gasteiger partial charge in [-0.25, -0.2) is 4.79 Å². The highest BCUT2D eigenvalue weighted by atomic mass is 32.1. The van der Waals surface area contributed by atoms with E-state index in [1.54, 1.807) is 16.2 Å². The summed E-state index contributed by atoms with van der Waals surface area (Å²) < 4.78 is 6.31. The summed E-state index contributed by atoms with van der Waals surface area (Å²) in [6.07, 6.45) is 1.68. The number of amides is 3. The molecule has 3 heterocycles. The van der Waals surface area contributed by atoms with Crippen LogP contribution in [0.4, 0.5) is 10.5 Å². The molecule has 2 saturated heterocycles. The number of urea groups is 1. The Morgan fingerprint density at radius 1 is 1.06 bits per heavy atom. The second kappa shape index (κ2) is 11.1. The smallest absolute Gasteiger partial charge is 0.321 e. The van der Waals surface area contributed by atoms with Crippen molar-refractivity contribution in [2.75, 3.05) is 38.1 Å². The number of nitrogens with one attached hydrogen (secondary N) is 1. The van der Waals surface area contributed by atoms with E-state index >= 15 is 0 Å². The third-order valence-corrected chi connectivity index (χ3v) is 7.41. The lowest BCUT2D eigenvalue weighted by atomic mass is 10.1. The molecule has 2 aliphatic heterocycles. The van der Waals surface area contributed by atoms with E-state index in [0.717, 1.165) is 37.4 Å². The van der Waals surface area contributed by atoms with Crippen LogP contribution in [-0.2, 0) is 13.1 Å². The Morgan fingerprint density at radius 2 is 1.86 bits per heavy atom. The summed E-state index contributed by atoms with van der Waals surface area (Å²) in [4.78, 5) is 31.0. The number of nitrogens with zero attached hydrogens (tertiary/aromatic N) is 3. The van der Waals surface area contributed by atoms with E-state index in [-0.39, 0.29) is 18.0 Å². The molecule has 0 spiro atoms. The number of hydrogen-bond acceptors (Lipinski definition) is 5. The number of carbonyl (C=O) groups is 2. The fourth-order valence-electron chi connectivity index (χ4n) is 4.86. The van der Waals surface area contributed by atoms with Crippen molar-refractivity contribution in [3.05, 3.63) is 82.0 Å². The number of benzene rings is 2. The molecule has 2 aliphatic rings. The second-order valence-corrected chi connectivity index (χ2v) is 10.3. The Morgan fingerprint density at radius 3 is 2.61 bits per heavy atom. The predicted molar refractivity (Wildman–Crippen MR) is 143 cm³/mol. The third kappa shape index (κ3) is 5.88. The van der Waals surface area contributed by atoms with Crippen molar-refractivity contribution in [3.63, 3.8) is 0 Å². The summed E-state index contributed by atoms with van der Waals surface area (Å²) in [5.41, 5.74) is 3.94. The van der Waals surface area contributed by atoms with Gasteiger partial charge in [-0.1, -0.05) is 18.2 Å². The first-order valence-corrected chi connectivity index (χ1v) is 13.4. The van der Waals surface area contributed by atoms with Gasteiger partial charge in [-0.05, 0) is 65.3 Å². The van der Waals surface area contributed by atoms with Gasteiger partial charge in [0.05, 0.1) is 0 Å². The SMILES string of the molecule is CN(Cc1ccsc1)Cc1cccc(OC2CCN(C(=O)c3cccc(N4CCNC4=O)c3)CC2)c1. The molecule has 0 bridgehead atoms. The number of ether oxygens (including phenoxy) is 1. The number of likely N-dealkylation sites (tertiary alicyclic amines) is 1. The molecular formula is C28H32N4O3S. The molecule has 2 aromatic carbocycles. The first kappa shape index (κ1) is 24.3. The fourth-order valence-corrected chi connectivity index (χ4v) is 5.52. The van der Waals surface area contributed by atoms with E-state index in [0.29, 0.717) is 31.7 Å². The molecule has 3 amide bonds. The van der Waals surface area contributed by atoms with E-state index in [2.05, 4.69) is 52.3 Å². The molecule has 1 N–H and O–H groups in total. The first-order chi connectivity index (χ1) is 17.5. The predicted octanol–water partition coefficient (Wildman–Crippen LogP) is 4.59. The molecule has 2 fully saturated rings. The van der Waals surface area contributed by atoms with Crippen LogP contribution in [0.3, 0.4) is 0 Å². The van der Waals surface area contributed by atoms with Crippen molar-refractivity contribution >= 4 is 29.0 Å². The van der Waals surface area contributed by atoms with Gasteiger partial charge in [-0.2, -0.15) is 11.3 Å². The van der Waals surface area contributed by atoms with E-state index in [1.807, 2.05) is 35.2 Å². The highest BCUT2D eigenvalue weighted by molar-refractivity contribution is 7.07. The number of rotatable bonds is 8. The van der Waals surface area contributed by atoms with Crippen molar-refractivity contribution in [1.82, 2.24) is 15.1 Å². The van der Waals surface area contributed by atoms with Gasteiger partial charge in [-0.3, -0.25) is 14.6 Å². The maximum Gasteiger partial charge on any atom is 0.321 e. The summed E-state index contributed by atoms with van der Waals surface area (Å²) in [5, 5.41) is 7.11. The molecule has 0 aliphatic carbocycles. The van der Waals surface area contributed by atoms with Crippen molar-refractivity contribution < 1.29 is 14.3 Å². The van der Waals surface area contributed by atoms with Crippen molar-refractivity contribution in [3.8, 4) is 5.75 Å². The number of thiophene rings is 1. The quantitative estimate of drug-likeness (QED) is 0.487. The normalized spacial score (nSPS) is 16.4. The Kier molecular flexibility index (Phi) is 7.53. The molecule has 36 heavy (non-hydrogen) atoms. The minimum Gasteiger partial charge on any atom is -0.490 e. The number of piperidine rings is 1. The second-order valence-electron chi connectivity index (χ2n) is 9.49. The highest BCUT2D eigenvalue weighted by Gasteiger charge is 2.26. The Balaban J connectivity index is 1.13. The van der Waals surface area contributed by atoms with Crippen LogP contribution in [0.5, 0.6) is 5.75 Å². The van der Waals surface area contributed by atoms with Gasteiger partial charge in [-0.15, -0.1) is 0 Å². The molecule has 8 heteroatoms. The average Bonchev–Trinajstić information content (AvgIpc) is 3.56. The van der Waals surface area contributed by atoms with E-state index in [4.69, 9.17) is 4.74 Å². The van der Waals surface area contributed by atoms with Gasteiger partial charge in [0, 0.05) is 63.4 Å². The van der Waals surface area contributed by atoms with E-state index in [1.165, 1.54) is 11.1 Å². The third-order valence-electron chi connectivity index (χ3n) is 6.68. The maximum absolute atomic E-state index is 13.1. The van der Waals surface area contributed by atoms with E-state index < -0.39 is 0 Å². The van der Waals surface area contributed by atoms with Gasteiger partial charge in [0.1, 0.15) is 11.9 Å². The van der Waals surface area contributed by atoms with Crippen molar-refractivity contribution in [2.24, 2.45) is 0 Å². The largest absolute Gasteiger partial charge is 0.490 e. The molecule has 7 nitrogen and oxygen atoms in total. The Bertz CT molecular complexity index is 1190. The molecule has 188 valence electrons. The molecule has 5 rings (SSSR count). The lowest BCUT2D eigenvalue weighted by Gasteiger charge is -2.32. The summed E-state index contributed by atoms with van der Waals surface area (Å²) in [7, 11) is 2.13. The molecule has 0 saturated carbocycles. The average molecular weight is 505 g/mol. The van der Waals surface area contributed by atoms with Crippen LogP contribution in [0.1, 0.15) is 34.3 Å². The van der Waals surface area contributed by atoms with E-state index in [9.17, 15) is 9.59 Å². The van der Waals surface area contributed by atoms with Crippen LogP contribution in [0, 0.1) is 0 Å². The summed E-state index contributed by atoms with van der Waals surface area (Å²) in [6.45, 7) is 4.33. The van der Waals surface area contributed by atoms with Crippen LogP contribution in [0.25, 0.3) is 0 Å². The first-order valence-electron chi connectivity index (χ1n) is 12.4. The fraction of sp³-hybridized carbons (Fsp3) is 0.357. The zero-order chi connectivity index (χ0) is 24.9.